The summed E-state index contributed by atoms with van der Waals surface area (Å²) in [4.78, 5) is 17.9. The first-order valence-electron chi connectivity index (χ1n) is 8.54. The summed E-state index contributed by atoms with van der Waals surface area (Å²) in [7, 11) is 1.55. The number of nitrogens with zero attached hydrogens (tertiary/aromatic N) is 2. The van der Waals surface area contributed by atoms with Crippen LogP contribution in [0.3, 0.4) is 0 Å². The van der Waals surface area contributed by atoms with Gasteiger partial charge in [0.2, 0.25) is 5.88 Å². The third-order valence-electron chi connectivity index (χ3n) is 3.89. The van der Waals surface area contributed by atoms with Crippen LogP contribution in [-0.4, -0.2) is 31.2 Å². The molecule has 0 aliphatic carbocycles. The maximum absolute atomic E-state index is 13.3. The van der Waals surface area contributed by atoms with E-state index in [0.29, 0.717) is 17.2 Å². The van der Waals surface area contributed by atoms with Crippen LogP contribution in [0.5, 0.6) is 11.6 Å². The Labute approximate surface area is 158 Å². The Bertz CT molecular complexity index is 819. The van der Waals surface area contributed by atoms with E-state index in [9.17, 15) is 9.18 Å². The van der Waals surface area contributed by atoms with Gasteiger partial charge in [0.05, 0.1) is 13.7 Å². The Kier molecular flexibility index (Phi) is 7.55. The SMILES string of the molecule is CC=C(CN(C(=O)CF)c1cccnc1Oc1ccccc1)C(=CC)OC. The van der Waals surface area contributed by atoms with Crippen LogP contribution >= 0.6 is 0 Å². The molecule has 0 atom stereocenters. The summed E-state index contributed by atoms with van der Waals surface area (Å²) in [5.74, 6) is 0.721. The number of methoxy groups -OCH3 is 1. The van der Waals surface area contributed by atoms with Crippen molar-refractivity contribution in [1.29, 1.82) is 0 Å². The first-order chi connectivity index (χ1) is 13.1. The molecule has 0 fully saturated rings. The molecule has 0 bridgehead atoms. The van der Waals surface area contributed by atoms with Crippen molar-refractivity contribution in [2.45, 2.75) is 13.8 Å². The Balaban J connectivity index is 2.41. The van der Waals surface area contributed by atoms with E-state index < -0.39 is 12.6 Å². The molecule has 0 aliphatic rings. The van der Waals surface area contributed by atoms with Crippen molar-refractivity contribution in [1.82, 2.24) is 4.98 Å². The fourth-order valence-corrected chi connectivity index (χ4v) is 2.56. The maximum Gasteiger partial charge on any atom is 0.258 e. The summed E-state index contributed by atoms with van der Waals surface area (Å²) < 4.78 is 24.4. The molecule has 2 rings (SSSR count). The molecule has 0 aliphatic heterocycles. The van der Waals surface area contributed by atoms with E-state index in [1.54, 1.807) is 43.6 Å². The van der Waals surface area contributed by atoms with Crippen molar-refractivity contribution in [2.24, 2.45) is 0 Å². The van der Waals surface area contributed by atoms with Gasteiger partial charge < -0.3 is 14.4 Å². The highest BCUT2D eigenvalue weighted by Crippen LogP contribution is 2.31. The van der Waals surface area contributed by atoms with E-state index in [1.165, 1.54) is 4.90 Å². The second-order valence-electron chi connectivity index (χ2n) is 5.53. The molecule has 1 aromatic carbocycles. The summed E-state index contributed by atoms with van der Waals surface area (Å²) in [5, 5.41) is 0. The lowest BCUT2D eigenvalue weighted by atomic mass is 10.1. The Morgan fingerprint density at radius 2 is 1.89 bits per heavy atom. The van der Waals surface area contributed by atoms with E-state index in [1.807, 2.05) is 38.1 Å². The number of benzene rings is 1. The van der Waals surface area contributed by atoms with Gasteiger partial charge >= 0.3 is 0 Å². The van der Waals surface area contributed by atoms with Gasteiger partial charge in [-0.1, -0.05) is 24.3 Å². The molecule has 0 N–H and O–H groups in total. The van der Waals surface area contributed by atoms with Crippen LogP contribution in [0, 0.1) is 0 Å². The van der Waals surface area contributed by atoms with Gasteiger partial charge in [-0.2, -0.15) is 0 Å². The number of hydrogen-bond donors (Lipinski definition) is 0. The van der Waals surface area contributed by atoms with Crippen molar-refractivity contribution in [3.8, 4) is 11.6 Å². The van der Waals surface area contributed by atoms with Gasteiger partial charge in [0, 0.05) is 11.8 Å². The van der Waals surface area contributed by atoms with Gasteiger partial charge in [-0.15, -0.1) is 0 Å². The summed E-state index contributed by atoms with van der Waals surface area (Å²) in [6, 6.07) is 12.4. The molecule has 2 aromatic rings. The molecule has 0 saturated carbocycles. The number of amides is 1. The number of allylic oxidation sites excluding steroid dienone is 2. The highest BCUT2D eigenvalue weighted by atomic mass is 19.1. The average molecular weight is 370 g/mol. The summed E-state index contributed by atoms with van der Waals surface area (Å²) in [6.07, 6.45) is 5.17. The van der Waals surface area contributed by atoms with Gasteiger partial charge in [-0.05, 0) is 44.2 Å². The van der Waals surface area contributed by atoms with Gasteiger partial charge in [0.25, 0.3) is 5.91 Å². The molecule has 6 heteroatoms. The van der Waals surface area contributed by atoms with Gasteiger partial charge in [0.15, 0.2) is 6.67 Å². The van der Waals surface area contributed by atoms with Crippen LogP contribution in [0.2, 0.25) is 0 Å². The minimum Gasteiger partial charge on any atom is -0.497 e. The lowest BCUT2D eigenvalue weighted by molar-refractivity contribution is -0.119. The molecule has 1 amide bonds. The number of para-hydroxylation sites is 1. The summed E-state index contributed by atoms with van der Waals surface area (Å²) in [5.41, 5.74) is 1.13. The number of halogens is 1. The average Bonchev–Trinajstić information content (AvgIpc) is 2.72. The zero-order chi connectivity index (χ0) is 19.6. The van der Waals surface area contributed by atoms with Gasteiger partial charge in [-0.25, -0.2) is 9.37 Å². The minimum absolute atomic E-state index is 0.129. The lowest BCUT2D eigenvalue weighted by Crippen LogP contribution is -2.34. The summed E-state index contributed by atoms with van der Waals surface area (Å²) >= 11 is 0. The number of hydrogen-bond acceptors (Lipinski definition) is 4. The first-order valence-corrected chi connectivity index (χ1v) is 8.54. The Morgan fingerprint density at radius 1 is 1.15 bits per heavy atom. The molecule has 1 aromatic heterocycles. The smallest absolute Gasteiger partial charge is 0.258 e. The number of alkyl halides is 1. The molecule has 5 nitrogen and oxygen atoms in total. The fraction of sp³-hybridized carbons (Fsp3) is 0.238. The molecule has 0 radical (unpaired) electrons. The van der Waals surface area contributed by atoms with Gasteiger partial charge in [-0.3, -0.25) is 4.79 Å². The number of carbonyl (C=O) groups is 1. The maximum atomic E-state index is 13.3. The van der Waals surface area contributed by atoms with Crippen LogP contribution in [0.4, 0.5) is 10.1 Å². The number of ether oxygens (including phenoxy) is 2. The Morgan fingerprint density at radius 3 is 2.48 bits per heavy atom. The Hall–Kier alpha value is -3.15. The molecule has 27 heavy (non-hydrogen) atoms. The van der Waals surface area contributed by atoms with Crippen LogP contribution < -0.4 is 9.64 Å². The van der Waals surface area contributed by atoms with E-state index in [0.717, 1.165) is 5.57 Å². The number of rotatable bonds is 8. The van der Waals surface area contributed by atoms with Crippen LogP contribution in [-0.2, 0) is 9.53 Å². The van der Waals surface area contributed by atoms with Crippen molar-refractivity contribution in [3.63, 3.8) is 0 Å². The quantitative estimate of drug-likeness (QED) is 0.500. The highest BCUT2D eigenvalue weighted by molar-refractivity contribution is 5.96. The predicted molar refractivity (Wildman–Crippen MR) is 104 cm³/mol. The van der Waals surface area contributed by atoms with Crippen LogP contribution in [0.25, 0.3) is 0 Å². The topological polar surface area (TPSA) is 51.7 Å². The molecule has 1 heterocycles. The number of aromatic nitrogens is 1. The number of anilines is 1. The molecule has 0 spiro atoms. The second-order valence-corrected chi connectivity index (χ2v) is 5.53. The second kappa shape index (κ2) is 10.1. The van der Waals surface area contributed by atoms with Crippen molar-refractivity contribution < 1.29 is 18.7 Å². The molecular formula is C21H23FN2O3. The van der Waals surface area contributed by atoms with E-state index in [-0.39, 0.29) is 12.4 Å². The van der Waals surface area contributed by atoms with Gasteiger partial charge in [0.1, 0.15) is 17.2 Å². The van der Waals surface area contributed by atoms with Crippen molar-refractivity contribution in [3.05, 3.63) is 72.1 Å². The monoisotopic (exact) mass is 370 g/mol. The molecular weight excluding hydrogens is 347 g/mol. The predicted octanol–water partition coefficient (Wildman–Crippen LogP) is 4.67. The van der Waals surface area contributed by atoms with Crippen LogP contribution in [0.1, 0.15) is 13.8 Å². The lowest BCUT2D eigenvalue weighted by Gasteiger charge is -2.25. The number of carbonyl (C=O) groups excluding carboxylic acids is 1. The first kappa shape index (κ1) is 20.2. The third kappa shape index (κ3) is 5.17. The van der Waals surface area contributed by atoms with Crippen LogP contribution in [0.15, 0.2) is 72.1 Å². The fourth-order valence-electron chi connectivity index (χ4n) is 2.56. The van der Waals surface area contributed by atoms with E-state index in [2.05, 4.69) is 4.98 Å². The molecule has 0 unspecified atom stereocenters. The summed E-state index contributed by atoms with van der Waals surface area (Å²) in [6.45, 7) is 2.66. The highest BCUT2D eigenvalue weighted by Gasteiger charge is 2.23. The zero-order valence-corrected chi connectivity index (χ0v) is 15.7. The molecule has 0 saturated heterocycles. The standard InChI is InChI=1S/C21H23FN2O3/c1-4-16(19(5-2)26-3)15-24(20(25)14-22)18-12-9-13-23-21(18)27-17-10-7-6-8-11-17/h4-13H,14-15H2,1-3H3. The van der Waals surface area contributed by atoms with Crippen molar-refractivity contribution >= 4 is 11.6 Å². The van der Waals surface area contributed by atoms with Crippen molar-refractivity contribution in [2.75, 3.05) is 25.2 Å². The zero-order valence-electron chi connectivity index (χ0n) is 15.7. The normalized spacial score (nSPS) is 11.9. The van der Waals surface area contributed by atoms with E-state index in [4.69, 9.17) is 9.47 Å². The third-order valence-corrected chi connectivity index (χ3v) is 3.89. The molecule has 142 valence electrons. The largest absolute Gasteiger partial charge is 0.497 e. The number of pyridine rings is 1. The minimum atomic E-state index is -1.13. The van der Waals surface area contributed by atoms with E-state index >= 15 is 0 Å².